The Hall–Kier alpha value is -2.36. The van der Waals surface area contributed by atoms with E-state index in [1.165, 1.54) is 5.56 Å². The van der Waals surface area contributed by atoms with Gasteiger partial charge in [-0.05, 0) is 49.6 Å². The molecule has 1 aromatic carbocycles. The molecule has 0 spiro atoms. The highest BCUT2D eigenvalue weighted by Crippen LogP contribution is 2.20. The van der Waals surface area contributed by atoms with E-state index in [0.29, 0.717) is 18.1 Å². The number of nitrogens with zero attached hydrogens (tertiary/aromatic N) is 2. The summed E-state index contributed by atoms with van der Waals surface area (Å²) in [5.41, 5.74) is 1.85. The van der Waals surface area contributed by atoms with Gasteiger partial charge in [0.15, 0.2) is 0 Å². The van der Waals surface area contributed by atoms with Gasteiger partial charge in [0.2, 0.25) is 0 Å². The Morgan fingerprint density at radius 1 is 1.35 bits per heavy atom. The normalized spacial score (nSPS) is 17.8. The molecule has 4 heteroatoms. The third kappa shape index (κ3) is 4.09. The van der Waals surface area contributed by atoms with Crippen LogP contribution in [0.1, 0.15) is 28.8 Å². The van der Waals surface area contributed by atoms with E-state index in [2.05, 4.69) is 18.0 Å². The van der Waals surface area contributed by atoms with Gasteiger partial charge in [-0.25, -0.2) is 0 Å². The second-order valence-electron chi connectivity index (χ2n) is 6.13. The Kier molecular flexibility index (Phi) is 4.91. The van der Waals surface area contributed by atoms with Crippen LogP contribution in [0.2, 0.25) is 0 Å². The quantitative estimate of drug-likeness (QED) is 0.870. The monoisotopic (exact) mass is 310 g/mol. The molecule has 0 radical (unpaired) electrons. The number of hydrogen-bond acceptors (Lipinski definition) is 3. The van der Waals surface area contributed by atoms with Crippen LogP contribution in [0, 0.1) is 12.8 Å². The lowest BCUT2D eigenvalue weighted by Crippen LogP contribution is -2.41. The zero-order valence-corrected chi connectivity index (χ0v) is 13.4. The number of aryl methyl sites for hydroxylation is 1. The van der Waals surface area contributed by atoms with Crippen molar-refractivity contribution in [1.82, 2.24) is 9.88 Å². The summed E-state index contributed by atoms with van der Waals surface area (Å²) in [6, 6.07) is 11.7. The van der Waals surface area contributed by atoms with Crippen LogP contribution >= 0.6 is 0 Å². The summed E-state index contributed by atoms with van der Waals surface area (Å²) in [7, 11) is 0. The lowest BCUT2D eigenvalue weighted by atomic mass is 9.98. The maximum Gasteiger partial charge on any atom is 0.255 e. The van der Waals surface area contributed by atoms with Crippen molar-refractivity contribution in [3.05, 3.63) is 59.9 Å². The number of likely N-dealkylation sites (tertiary alicyclic amines) is 1. The van der Waals surface area contributed by atoms with Gasteiger partial charge in [0.25, 0.3) is 5.91 Å². The first-order chi connectivity index (χ1) is 11.2. The molecule has 1 aliphatic rings. The van der Waals surface area contributed by atoms with Crippen molar-refractivity contribution >= 4 is 5.91 Å². The van der Waals surface area contributed by atoms with Crippen LogP contribution < -0.4 is 4.74 Å². The molecule has 1 amide bonds. The standard InChI is InChI=1S/C19H22N2O2/c1-15-5-2-8-18(11-15)23-14-16-6-4-10-21(13-16)19(22)17-7-3-9-20-12-17/h2-3,5,7-9,11-12,16H,4,6,10,13-14H2,1H3/t16-/m0/s1. The maximum atomic E-state index is 12.5. The van der Waals surface area contributed by atoms with Crippen molar-refractivity contribution < 1.29 is 9.53 Å². The van der Waals surface area contributed by atoms with E-state index >= 15 is 0 Å². The topological polar surface area (TPSA) is 42.4 Å². The molecule has 0 aliphatic carbocycles. The van der Waals surface area contributed by atoms with Gasteiger partial charge in [0, 0.05) is 31.4 Å². The fraction of sp³-hybridized carbons (Fsp3) is 0.368. The summed E-state index contributed by atoms with van der Waals surface area (Å²) in [6.45, 7) is 4.27. The summed E-state index contributed by atoms with van der Waals surface area (Å²) in [5.74, 6) is 1.35. The number of piperidine rings is 1. The van der Waals surface area contributed by atoms with E-state index in [9.17, 15) is 4.79 Å². The van der Waals surface area contributed by atoms with Crippen LogP contribution in [0.15, 0.2) is 48.8 Å². The zero-order valence-electron chi connectivity index (χ0n) is 13.4. The fourth-order valence-electron chi connectivity index (χ4n) is 2.98. The van der Waals surface area contributed by atoms with E-state index in [0.717, 1.165) is 31.7 Å². The largest absolute Gasteiger partial charge is 0.493 e. The molecule has 0 bridgehead atoms. The first-order valence-electron chi connectivity index (χ1n) is 8.11. The van der Waals surface area contributed by atoms with E-state index in [-0.39, 0.29) is 5.91 Å². The van der Waals surface area contributed by atoms with Gasteiger partial charge in [0.05, 0.1) is 12.2 Å². The van der Waals surface area contributed by atoms with Crippen LogP contribution in [0.25, 0.3) is 0 Å². The molecule has 2 heterocycles. The van der Waals surface area contributed by atoms with Crippen LogP contribution in [0.4, 0.5) is 0 Å². The van der Waals surface area contributed by atoms with E-state index in [1.54, 1.807) is 18.5 Å². The average Bonchev–Trinajstić information content (AvgIpc) is 2.60. The number of ether oxygens (including phenoxy) is 1. The second kappa shape index (κ2) is 7.27. The van der Waals surface area contributed by atoms with Crippen molar-refractivity contribution in [2.75, 3.05) is 19.7 Å². The fourth-order valence-corrected chi connectivity index (χ4v) is 2.98. The summed E-state index contributed by atoms with van der Waals surface area (Å²) in [6.07, 6.45) is 5.44. The number of amides is 1. The van der Waals surface area contributed by atoms with Crippen LogP contribution in [0.5, 0.6) is 5.75 Å². The van der Waals surface area contributed by atoms with Crippen molar-refractivity contribution in [3.8, 4) is 5.75 Å². The van der Waals surface area contributed by atoms with Gasteiger partial charge in [-0.2, -0.15) is 0 Å². The molecule has 3 rings (SSSR count). The molecule has 2 aromatic rings. The predicted molar refractivity (Wildman–Crippen MR) is 89.5 cm³/mol. The Morgan fingerprint density at radius 3 is 3.04 bits per heavy atom. The third-order valence-electron chi connectivity index (χ3n) is 4.19. The summed E-state index contributed by atoms with van der Waals surface area (Å²) in [5, 5.41) is 0. The molecule has 1 fully saturated rings. The highest BCUT2D eigenvalue weighted by molar-refractivity contribution is 5.93. The highest BCUT2D eigenvalue weighted by Gasteiger charge is 2.25. The van der Waals surface area contributed by atoms with Gasteiger partial charge >= 0.3 is 0 Å². The summed E-state index contributed by atoms with van der Waals surface area (Å²) < 4.78 is 5.91. The van der Waals surface area contributed by atoms with E-state index < -0.39 is 0 Å². The molecule has 23 heavy (non-hydrogen) atoms. The molecular formula is C19H22N2O2. The minimum atomic E-state index is 0.0679. The minimum Gasteiger partial charge on any atom is -0.493 e. The van der Waals surface area contributed by atoms with Gasteiger partial charge < -0.3 is 9.64 Å². The minimum absolute atomic E-state index is 0.0679. The second-order valence-corrected chi connectivity index (χ2v) is 6.13. The molecule has 1 atom stereocenters. The van der Waals surface area contributed by atoms with Crippen molar-refractivity contribution in [2.45, 2.75) is 19.8 Å². The first kappa shape index (κ1) is 15.5. The molecule has 1 aliphatic heterocycles. The Morgan fingerprint density at radius 2 is 2.26 bits per heavy atom. The zero-order chi connectivity index (χ0) is 16.1. The first-order valence-corrected chi connectivity index (χ1v) is 8.11. The molecule has 1 saturated heterocycles. The van der Waals surface area contributed by atoms with Gasteiger partial charge in [0.1, 0.15) is 5.75 Å². The highest BCUT2D eigenvalue weighted by atomic mass is 16.5. The molecule has 0 unspecified atom stereocenters. The number of carbonyl (C=O) groups is 1. The number of pyridine rings is 1. The number of carbonyl (C=O) groups excluding carboxylic acids is 1. The SMILES string of the molecule is Cc1cccc(OC[C@H]2CCCN(C(=O)c3cccnc3)C2)c1. The van der Waals surface area contributed by atoms with E-state index in [4.69, 9.17) is 4.74 Å². The average molecular weight is 310 g/mol. The lowest BCUT2D eigenvalue weighted by molar-refractivity contribution is 0.0633. The number of aromatic nitrogens is 1. The van der Waals surface area contributed by atoms with Gasteiger partial charge in [-0.15, -0.1) is 0 Å². The number of rotatable bonds is 4. The van der Waals surface area contributed by atoms with Crippen LogP contribution in [0.3, 0.4) is 0 Å². The molecule has 4 nitrogen and oxygen atoms in total. The van der Waals surface area contributed by atoms with Crippen molar-refractivity contribution in [3.63, 3.8) is 0 Å². The Balaban J connectivity index is 1.57. The van der Waals surface area contributed by atoms with Crippen molar-refractivity contribution in [2.24, 2.45) is 5.92 Å². The van der Waals surface area contributed by atoms with Gasteiger partial charge in [-0.1, -0.05) is 12.1 Å². The molecule has 120 valence electrons. The van der Waals surface area contributed by atoms with Crippen molar-refractivity contribution in [1.29, 1.82) is 0 Å². The molecular weight excluding hydrogens is 288 g/mol. The van der Waals surface area contributed by atoms with Crippen LogP contribution in [-0.4, -0.2) is 35.5 Å². The number of hydrogen-bond donors (Lipinski definition) is 0. The summed E-state index contributed by atoms with van der Waals surface area (Å²) in [4.78, 5) is 18.5. The van der Waals surface area contributed by atoms with Crippen LogP contribution in [-0.2, 0) is 0 Å². The Labute approximate surface area is 137 Å². The molecule has 0 saturated carbocycles. The molecule has 1 aromatic heterocycles. The van der Waals surface area contributed by atoms with Gasteiger partial charge in [-0.3, -0.25) is 9.78 Å². The maximum absolute atomic E-state index is 12.5. The Bertz CT molecular complexity index is 657. The number of benzene rings is 1. The third-order valence-corrected chi connectivity index (χ3v) is 4.19. The molecule has 0 N–H and O–H groups in total. The summed E-state index contributed by atoms with van der Waals surface area (Å²) >= 11 is 0. The predicted octanol–water partition coefficient (Wildman–Crippen LogP) is 3.32. The smallest absolute Gasteiger partial charge is 0.255 e. The van der Waals surface area contributed by atoms with E-state index in [1.807, 2.05) is 29.2 Å². The lowest BCUT2D eigenvalue weighted by Gasteiger charge is -2.32.